The van der Waals surface area contributed by atoms with Crippen molar-refractivity contribution in [3.8, 4) is 5.75 Å². The molecule has 0 spiro atoms. The molecular formula is C24H23ClN2O. The van der Waals surface area contributed by atoms with E-state index in [2.05, 4.69) is 47.0 Å². The van der Waals surface area contributed by atoms with Crippen molar-refractivity contribution < 1.29 is 4.74 Å². The lowest BCUT2D eigenvalue weighted by Gasteiger charge is -2.17. The van der Waals surface area contributed by atoms with E-state index < -0.39 is 0 Å². The molecule has 4 aromatic rings. The van der Waals surface area contributed by atoms with Crippen LogP contribution >= 0.6 is 11.6 Å². The number of aromatic nitrogens is 2. The van der Waals surface area contributed by atoms with Crippen molar-refractivity contribution in [1.82, 2.24) is 9.55 Å². The predicted molar refractivity (Wildman–Crippen MR) is 115 cm³/mol. The summed E-state index contributed by atoms with van der Waals surface area (Å²) in [4.78, 5) is 4.87. The van der Waals surface area contributed by atoms with E-state index >= 15 is 0 Å². The quantitative estimate of drug-likeness (QED) is 0.382. The number of aryl methyl sites for hydroxylation is 3. The van der Waals surface area contributed by atoms with Gasteiger partial charge in [-0.1, -0.05) is 54.1 Å². The molecule has 0 aliphatic carbocycles. The molecule has 0 fully saturated rings. The first-order chi connectivity index (χ1) is 13.6. The third-order valence-electron chi connectivity index (χ3n) is 4.96. The van der Waals surface area contributed by atoms with Crippen molar-refractivity contribution in [3.63, 3.8) is 0 Å². The minimum atomic E-state index is -0.177. The van der Waals surface area contributed by atoms with Gasteiger partial charge in [0.25, 0.3) is 0 Å². The molecule has 0 bridgehead atoms. The largest absolute Gasteiger partial charge is 0.483 e. The summed E-state index contributed by atoms with van der Waals surface area (Å²) in [5.74, 6) is 1.74. The first-order valence-corrected chi connectivity index (χ1v) is 9.91. The molecule has 0 N–H and O–H groups in total. The van der Waals surface area contributed by atoms with Gasteiger partial charge in [0.1, 0.15) is 5.75 Å². The van der Waals surface area contributed by atoms with Crippen molar-refractivity contribution in [2.24, 2.45) is 0 Å². The van der Waals surface area contributed by atoms with Gasteiger partial charge in [-0.2, -0.15) is 0 Å². The third-order valence-corrected chi connectivity index (χ3v) is 5.38. The number of para-hydroxylation sites is 2. The lowest BCUT2D eigenvalue weighted by Crippen LogP contribution is -2.13. The van der Waals surface area contributed by atoms with E-state index in [1.807, 2.05) is 44.2 Å². The first kappa shape index (κ1) is 18.6. The van der Waals surface area contributed by atoms with E-state index in [-0.39, 0.29) is 6.10 Å². The van der Waals surface area contributed by atoms with Crippen molar-refractivity contribution in [2.45, 2.75) is 32.9 Å². The highest BCUT2D eigenvalue weighted by molar-refractivity contribution is 6.31. The van der Waals surface area contributed by atoms with Crippen molar-refractivity contribution in [1.29, 1.82) is 0 Å². The second-order valence-corrected chi connectivity index (χ2v) is 7.42. The van der Waals surface area contributed by atoms with Crippen molar-refractivity contribution in [2.75, 3.05) is 0 Å². The minimum absolute atomic E-state index is 0.177. The van der Waals surface area contributed by atoms with Crippen LogP contribution in [-0.2, 0) is 13.0 Å². The summed E-state index contributed by atoms with van der Waals surface area (Å²) in [5, 5.41) is 0.745. The fourth-order valence-electron chi connectivity index (χ4n) is 3.47. The number of rotatable bonds is 6. The lowest BCUT2D eigenvalue weighted by molar-refractivity contribution is 0.211. The second-order valence-electron chi connectivity index (χ2n) is 7.02. The maximum absolute atomic E-state index is 6.22. The number of hydrogen-bond acceptors (Lipinski definition) is 2. The Kier molecular flexibility index (Phi) is 5.36. The summed E-state index contributed by atoms with van der Waals surface area (Å²) in [6, 6.07) is 24.5. The number of hydrogen-bond donors (Lipinski definition) is 0. The molecular weight excluding hydrogens is 368 g/mol. The maximum Gasteiger partial charge on any atom is 0.153 e. The van der Waals surface area contributed by atoms with E-state index in [4.69, 9.17) is 21.3 Å². The van der Waals surface area contributed by atoms with Crippen LogP contribution in [0, 0.1) is 6.92 Å². The van der Waals surface area contributed by atoms with E-state index in [9.17, 15) is 0 Å². The molecule has 0 saturated heterocycles. The Bertz CT molecular complexity index is 1090. The molecule has 1 unspecified atom stereocenters. The highest BCUT2D eigenvalue weighted by Gasteiger charge is 2.18. The summed E-state index contributed by atoms with van der Waals surface area (Å²) in [5.41, 5.74) is 4.45. The fraction of sp³-hybridized carbons (Fsp3) is 0.208. The number of ether oxygens (including phenoxy) is 1. The molecule has 3 nitrogen and oxygen atoms in total. The highest BCUT2D eigenvalue weighted by atomic mass is 35.5. The smallest absolute Gasteiger partial charge is 0.153 e. The van der Waals surface area contributed by atoms with Crippen molar-refractivity contribution >= 4 is 22.6 Å². The van der Waals surface area contributed by atoms with Gasteiger partial charge in [0.15, 0.2) is 11.9 Å². The molecule has 0 radical (unpaired) electrons. The van der Waals surface area contributed by atoms with Gasteiger partial charge in [-0.25, -0.2) is 4.98 Å². The minimum Gasteiger partial charge on any atom is -0.483 e. The van der Waals surface area contributed by atoms with Crippen LogP contribution in [0.3, 0.4) is 0 Å². The van der Waals surface area contributed by atoms with Gasteiger partial charge in [-0.15, -0.1) is 0 Å². The van der Waals surface area contributed by atoms with Gasteiger partial charge >= 0.3 is 0 Å². The Hall–Kier alpha value is -2.78. The Morgan fingerprint density at radius 3 is 2.54 bits per heavy atom. The normalized spacial score (nSPS) is 12.2. The highest BCUT2D eigenvalue weighted by Crippen LogP contribution is 2.28. The molecule has 1 aromatic heterocycles. The molecule has 28 heavy (non-hydrogen) atoms. The van der Waals surface area contributed by atoms with Gasteiger partial charge in [0.05, 0.1) is 11.0 Å². The van der Waals surface area contributed by atoms with E-state index in [1.54, 1.807) is 0 Å². The van der Waals surface area contributed by atoms with Crippen LogP contribution in [0.4, 0.5) is 0 Å². The average molecular weight is 391 g/mol. The third kappa shape index (κ3) is 3.90. The molecule has 0 amide bonds. The fourth-order valence-corrected chi connectivity index (χ4v) is 3.59. The summed E-state index contributed by atoms with van der Waals surface area (Å²) in [7, 11) is 0. The van der Waals surface area contributed by atoms with Crippen LogP contribution in [0.5, 0.6) is 5.75 Å². The van der Waals surface area contributed by atoms with Crippen LogP contribution in [-0.4, -0.2) is 9.55 Å². The molecule has 1 atom stereocenters. The Balaban J connectivity index is 1.64. The standard InChI is InChI=1S/C24H23ClN2O/c1-17-16-20(12-13-21(17)25)28-18(2)24-26-22-10-6-7-11-23(22)27(24)15-14-19-8-4-3-5-9-19/h3-13,16,18H,14-15H2,1-2H3. The maximum atomic E-state index is 6.22. The van der Waals surface area contributed by atoms with Gasteiger partial charge in [-0.3, -0.25) is 0 Å². The van der Waals surface area contributed by atoms with Gasteiger partial charge in [0.2, 0.25) is 0 Å². The predicted octanol–water partition coefficient (Wildman–Crippen LogP) is 6.38. The number of fused-ring (bicyclic) bond motifs is 1. The van der Waals surface area contributed by atoms with Crippen LogP contribution in [0.1, 0.15) is 30.0 Å². The number of nitrogens with zero attached hydrogens (tertiary/aromatic N) is 2. The molecule has 1 heterocycles. The van der Waals surface area contributed by atoms with Crippen LogP contribution in [0.15, 0.2) is 72.8 Å². The molecule has 0 aliphatic rings. The number of benzene rings is 3. The second kappa shape index (κ2) is 8.07. The topological polar surface area (TPSA) is 27.1 Å². The number of imidazole rings is 1. The van der Waals surface area contributed by atoms with Crippen molar-refractivity contribution in [3.05, 3.63) is 94.8 Å². The molecule has 3 aromatic carbocycles. The van der Waals surface area contributed by atoms with E-state index in [0.29, 0.717) is 0 Å². The lowest BCUT2D eigenvalue weighted by atomic mass is 10.1. The zero-order valence-corrected chi connectivity index (χ0v) is 16.9. The molecule has 4 heteroatoms. The molecule has 4 rings (SSSR count). The summed E-state index contributed by atoms with van der Waals surface area (Å²) in [6.07, 6.45) is 0.768. The summed E-state index contributed by atoms with van der Waals surface area (Å²) < 4.78 is 8.49. The van der Waals surface area contributed by atoms with Crippen LogP contribution < -0.4 is 4.74 Å². The Labute approximate surface area is 170 Å². The van der Waals surface area contributed by atoms with E-state index in [0.717, 1.165) is 46.2 Å². The zero-order chi connectivity index (χ0) is 19.5. The first-order valence-electron chi connectivity index (χ1n) is 9.54. The zero-order valence-electron chi connectivity index (χ0n) is 16.1. The Morgan fingerprint density at radius 1 is 1.00 bits per heavy atom. The van der Waals surface area contributed by atoms with Gasteiger partial charge < -0.3 is 9.30 Å². The molecule has 0 saturated carbocycles. The average Bonchev–Trinajstić information content (AvgIpc) is 3.09. The van der Waals surface area contributed by atoms with Gasteiger partial charge in [-0.05, 0) is 61.7 Å². The molecule has 0 aliphatic heterocycles. The van der Waals surface area contributed by atoms with Crippen LogP contribution in [0.2, 0.25) is 5.02 Å². The monoisotopic (exact) mass is 390 g/mol. The summed E-state index contributed by atoms with van der Waals surface area (Å²) in [6.45, 7) is 4.88. The molecule has 142 valence electrons. The Morgan fingerprint density at radius 2 is 1.75 bits per heavy atom. The van der Waals surface area contributed by atoms with Crippen LogP contribution in [0.25, 0.3) is 11.0 Å². The van der Waals surface area contributed by atoms with Gasteiger partial charge in [0, 0.05) is 11.6 Å². The van der Waals surface area contributed by atoms with E-state index in [1.165, 1.54) is 5.56 Å². The summed E-state index contributed by atoms with van der Waals surface area (Å²) >= 11 is 6.14. The SMILES string of the molecule is Cc1cc(OC(C)c2nc3ccccc3n2CCc2ccccc2)ccc1Cl. The number of halogens is 1.